The minimum atomic E-state index is -4.69. The molecule has 2 N–H and O–H groups in total. The first-order chi connectivity index (χ1) is 10.8. The molecule has 0 bridgehead atoms. The average Bonchev–Trinajstić information content (AvgIpc) is 2.51. The summed E-state index contributed by atoms with van der Waals surface area (Å²) >= 11 is 5.90. The molecule has 2 aliphatic heterocycles. The van der Waals surface area contributed by atoms with Gasteiger partial charge in [0.15, 0.2) is 0 Å². The van der Waals surface area contributed by atoms with Gasteiger partial charge in [-0.1, -0.05) is 17.7 Å². The predicted molar refractivity (Wildman–Crippen MR) is 80.8 cm³/mol. The number of benzene rings is 1. The van der Waals surface area contributed by atoms with E-state index in [0.717, 1.165) is 0 Å². The van der Waals surface area contributed by atoms with Gasteiger partial charge < -0.3 is 15.2 Å². The van der Waals surface area contributed by atoms with Crippen molar-refractivity contribution in [2.75, 3.05) is 19.0 Å². The Bertz CT molecular complexity index is 690. The van der Waals surface area contributed by atoms with Gasteiger partial charge in [0.25, 0.3) is 0 Å². The highest BCUT2D eigenvalue weighted by atomic mass is 35.5. The van der Waals surface area contributed by atoms with Crippen LogP contribution in [-0.2, 0) is 10.2 Å². The van der Waals surface area contributed by atoms with Gasteiger partial charge in [-0.05, 0) is 23.8 Å². The van der Waals surface area contributed by atoms with E-state index in [1.54, 1.807) is 0 Å². The van der Waals surface area contributed by atoms with Gasteiger partial charge in [-0.15, -0.1) is 0 Å². The summed E-state index contributed by atoms with van der Waals surface area (Å²) in [6.45, 7) is -1.10. The third-order valence-electron chi connectivity index (χ3n) is 4.43. The summed E-state index contributed by atoms with van der Waals surface area (Å²) in [5.41, 5.74) is -2.32. The van der Waals surface area contributed by atoms with Gasteiger partial charge in [0, 0.05) is 22.8 Å². The Kier molecular flexibility index (Phi) is 3.80. The molecule has 3 unspecified atom stereocenters. The van der Waals surface area contributed by atoms with Crippen molar-refractivity contribution >= 4 is 23.2 Å². The molecule has 3 rings (SSSR count). The van der Waals surface area contributed by atoms with Gasteiger partial charge in [0.1, 0.15) is 11.5 Å². The number of nitrogens with one attached hydrogen (secondary N) is 1. The van der Waals surface area contributed by atoms with E-state index in [1.165, 1.54) is 37.6 Å². The summed E-state index contributed by atoms with van der Waals surface area (Å²) in [5, 5.41) is 13.0. The molecule has 23 heavy (non-hydrogen) atoms. The molecule has 0 radical (unpaired) electrons. The Balaban J connectivity index is 2.28. The second-order valence-electron chi connectivity index (χ2n) is 5.48. The Morgan fingerprint density at radius 3 is 2.78 bits per heavy atom. The van der Waals surface area contributed by atoms with Gasteiger partial charge in [0.05, 0.1) is 13.7 Å². The van der Waals surface area contributed by atoms with E-state index in [2.05, 4.69) is 10.3 Å². The van der Waals surface area contributed by atoms with E-state index >= 15 is 0 Å². The Hall–Kier alpha value is -1.73. The largest absolute Gasteiger partial charge is 0.483 e. The molecule has 1 aromatic carbocycles. The number of alkyl halides is 3. The Labute approximate surface area is 135 Å². The van der Waals surface area contributed by atoms with Crippen LogP contribution in [0, 0.1) is 5.92 Å². The molecule has 124 valence electrons. The number of hydrogen-bond donors (Lipinski definition) is 2. The molecule has 0 aliphatic carbocycles. The van der Waals surface area contributed by atoms with Crippen molar-refractivity contribution in [2.24, 2.45) is 10.9 Å². The van der Waals surface area contributed by atoms with E-state index in [4.69, 9.17) is 16.3 Å². The smallest absolute Gasteiger partial charge is 0.401 e. The lowest BCUT2D eigenvalue weighted by Crippen LogP contribution is -2.61. The molecule has 0 aromatic heterocycles. The summed E-state index contributed by atoms with van der Waals surface area (Å²) in [5.74, 6) is -0.967. The van der Waals surface area contributed by atoms with Gasteiger partial charge in [0.2, 0.25) is 5.90 Å². The molecule has 4 nitrogen and oxygen atoms in total. The lowest BCUT2D eigenvalue weighted by atomic mass is 9.63. The molecule has 2 aliphatic rings. The maximum atomic E-state index is 14.1. The van der Waals surface area contributed by atoms with Gasteiger partial charge in [-0.2, -0.15) is 13.2 Å². The Morgan fingerprint density at radius 1 is 1.43 bits per heavy atom. The zero-order valence-corrected chi connectivity index (χ0v) is 12.8. The van der Waals surface area contributed by atoms with Crippen LogP contribution in [0.4, 0.5) is 18.9 Å². The topological polar surface area (TPSA) is 53.8 Å². The normalized spacial score (nSPS) is 29.2. The molecular weight excluding hydrogens is 333 g/mol. The fourth-order valence-corrected chi connectivity index (χ4v) is 3.49. The summed E-state index contributed by atoms with van der Waals surface area (Å²) < 4.78 is 47.3. The first kappa shape index (κ1) is 16.1. The van der Waals surface area contributed by atoms with E-state index < -0.39 is 30.2 Å². The molecule has 0 amide bonds. The van der Waals surface area contributed by atoms with Gasteiger partial charge in [-0.25, -0.2) is 4.99 Å². The van der Waals surface area contributed by atoms with Crippen LogP contribution in [0.25, 0.3) is 0 Å². The molecule has 3 atom stereocenters. The summed E-state index contributed by atoms with van der Waals surface area (Å²) in [7, 11) is 1.35. The molecule has 0 spiro atoms. The first-order valence-corrected chi connectivity index (χ1v) is 7.25. The summed E-state index contributed by atoms with van der Waals surface area (Å²) in [6.07, 6.45) is -2.08. The molecule has 0 saturated heterocycles. The van der Waals surface area contributed by atoms with E-state index in [-0.39, 0.29) is 22.2 Å². The summed E-state index contributed by atoms with van der Waals surface area (Å²) in [4.78, 5) is 3.98. The zero-order valence-electron chi connectivity index (χ0n) is 12.1. The lowest BCUT2D eigenvalue weighted by Gasteiger charge is -2.48. The number of aliphatic imine (C=N–C) groups is 1. The zero-order chi connectivity index (χ0) is 16.8. The van der Waals surface area contributed by atoms with Crippen molar-refractivity contribution in [2.45, 2.75) is 17.6 Å². The number of anilines is 1. The maximum absolute atomic E-state index is 14.1. The van der Waals surface area contributed by atoms with Crippen molar-refractivity contribution in [3.63, 3.8) is 0 Å². The quantitative estimate of drug-likeness (QED) is 0.821. The summed E-state index contributed by atoms with van der Waals surface area (Å²) in [6, 6.07) is 3.38. The monoisotopic (exact) mass is 346 g/mol. The number of methoxy groups -OCH3 is 1. The van der Waals surface area contributed by atoms with Crippen molar-refractivity contribution in [1.82, 2.24) is 0 Å². The number of aliphatic hydroxyl groups is 1. The molecule has 1 aromatic rings. The maximum Gasteiger partial charge on any atom is 0.401 e. The number of hydrogen-bond acceptors (Lipinski definition) is 4. The van der Waals surface area contributed by atoms with Crippen LogP contribution in [0.3, 0.4) is 0 Å². The SMILES string of the molecule is COC1=NC=CC2C1Nc1ccc(Cl)cc1C2(CO)C(F)(F)F. The number of aliphatic hydroxyl groups excluding tert-OH is 1. The highest BCUT2D eigenvalue weighted by molar-refractivity contribution is 6.30. The molecule has 8 heteroatoms. The number of nitrogens with zero attached hydrogens (tertiary/aromatic N) is 1. The highest BCUT2D eigenvalue weighted by Gasteiger charge is 2.64. The van der Waals surface area contributed by atoms with E-state index in [1.807, 2.05) is 0 Å². The molecule has 0 fully saturated rings. The third kappa shape index (κ3) is 2.21. The minimum Gasteiger partial charge on any atom is -0.483 e. The number of fused-ring (bicyclic) bond motifs is 2. The van der Waals surface area contributed by atoms with Gasteiger partial charge >= 0.3 is 6.18 Å². The predicted octanol–water partition coefficient (Wildman–Crippen LogP) is 3.11. The second-order valence-corrected chi connectivity index (χ2v) is 5.91. The molecule has 0 saturated carbocycles. The van der Waals surface area contributed by atoms with Crippen LogP contribution in [-0.4, -0.2) is 36.9 Å². The fourth-order valence-electron chi connectivity index (χ4n) is 3.31. The van der Waals surface area contributed by atoms with Crippen LogP contribution in [0.15, 0.2) is 35.5 Å². The lowest BCUT2D eigenvalue weighted by molar-refractivity contribution is -0.214. The fraction of sp³-hybridized carbons (Fsp3) is 0.400. The molecular formula is C15H14ClF3N2O2. The number of ether oxygens (including phenoxy) is 1. The van der Waals surface area contributed by atoms with Crippen molar-refractivity contribution < 1.29 is 23.0 Å². The van der Waals surface area contributed by atoms with Crippen LogP contribution in [0.1, 0.15) is 5.56 Å². The van der Waals surface area contributed by atoms with E-state index in [0.29, 0.717) is 0 Å². The number of halogens is 4. The highest BCUT2D eigenvalue weighted by Crippen LogP contribution is 2.54. The van der Waals surface area contributed by atoms with Crippen LogP contribution in [0.5, 0.6) is 0 Å². The first-order valence-electron chi connectivity index (χ1n) is 6.87. The number of rotatable bonds is 1. The molecule has 2 heterocycles. The van der Waals surface area contributed by atoms with Crippen LogP contribution >= 0.6 is 11.6 Å². The standard InChI is InChI=1S/C15H14ClF3N2O2/c1-23-13-12-9(4-5-20-13)14(7-22,15(17,18)19)10-6-8(16)2-3-11(10)21-12/h2-6,9,12,21-22H,7H2,1H3. The van der Waals surface area contributed by atoms with Crippen molar-refractivity contribution in [3.05, 3.63) is 41.1 Å². The Morgan fingerprint density at radius 2 is 2.17 bits per heavy atom. The minimum absolute atomic E-state index is 0.0803. The van der Waals surface area contributed by atoms with Crippen molar-refractivity contribution in [3.8, 4) is 0 Å². The van der Waals surface area contributed by atoms with Crippen LogP contribution in [0.2, 0.25) is 5.02 Å². The second kappa shape index (κ2) is 5.42. The average molecular weight is 347 g/mol. The van der Waals surface area contributed by atoms with E-state index in [9.17, 15) is 18.3 Å². The third-order valence-corrected chi connectivity index (χ3v) is 4.66. The van der Waals surface area contributed by atoms with Crippen molar-refractivity contribution in [1.29, 1.82) is 0 Å². The van der Waals surface area contributed by atoms with Gasteiger partial charge in [-0.3, -0.25) is 0 Å². The van der Waals surface area contributed by atoms with Crippen LogP contribution < -0.4 is 5.32 Å².